The summed E-state index contributed by atoms with van der Waals surface area (Å²) in [4.78, 5) is 7.24. The predicted octanol–water partition coefficient (Wildman–Crippen LogP) is 1.30. The Morgan fingerprint density at radius 3 is 3.00 bits per heavy atom. The van der Waals surface area contributed by atoms with Crippen molar-refractivity contribution in [1.29, 1.82) is 0 Å². The van der Waals surface area contributed by atoms with Crippen molar-refractivity contribution in [2.24, 2.45) is 0 Å². The molecular formula is C12H21N3O3S. The average molecular weight is 287 g/mol. The van der Waals surface area contributed by atoms with Gasteiger partial charge in [0.05, 0.1) is 17.9 Å². The Labute approximate surface area is 114 Å². The molecule has 19 heavy (non-hydrogen) atoms. The SMILES string of the molecule is CO[C@@H](C)CS(=O)(=O)N1CCCC[C@@H]1c1ncc[nH]1. The lowest BCUT2D eigenvalue weighted by Crippen LogP contribution is -2.42. The van der Waals surface area contributed by atoms with E-state index in [0.29, 0.717) is 6.54 Å². The van der Waals surface area contributed by atoms with E-state index in [1.807, 2.05) is 0 Å². The molecule has 1 saturated heterocycles. The van der Waals surface area contributed by atoms with Crippen molar-refractivity contribution >= 4 is 10.0 Å². The zero-order chi connectivity index (χ0) is 13.9. The average Bonchev–Trinajstić information content (AvgIpc) is 2.92. The van der Waals surface area contributed by atoms with Gasteiger partial charge in [-0.2, -0.15) is 4.31 Å². The third-order valence-corrected chi connectivity index (χ3v) is 5.54. The summed E-state index contributed by atoms with van der Waals surface area (Å²) in [6.07, 6.45) is 5.83. The molecule has 0 spiro atoms. The second kappa shape index (κ2) is 6.02. The Hall–Kier alpha value is -0.920. The van der Waals surface area contributed by atoms with Crippen molar-refractivity contribution in [3.63, 3.8) is 0 Å². The highest BCUT2D eigenvalue weighted by atomic mass is 32.2. The van der Waals surface area contributed by atoms with Gasteiger partial charge in [-0.25, -0.2) is 13.4 Å². The summed E-state index contributed by atoms with van der Waals surface area (Å²) in [6.45, 7) is 2.33. The van der Waals surface area contributed by atoms with Crippen molar-refractivity contribution in [2.45, 2.75) is 38.3 Å². The van der Waals surface area contributed by atoms with E-state index in [1.54, 1.807) is 23.6 Å². The number of ether oxygens (including phenoxy) is 1. The van der Waals surface area contributed by atoms with Gasteiger partial charge in [-0.1, -0.05) is 6.42 Å². The van der Waals surface area contributed by atoms with E-state index >= 15 is 0 Å². The van der Waals surface area contributed by atoms with Gasteiger partial charge in [0.25, 0.3) is 0 Å². The standard InChI is InChI=1S/C12H21N3O3S/c1-10(18-2)9-19(16,17)15-8-4-3-5-11(15)12-13-6-7-14-12/h6-7,10-11H,3-5,8-9H2,1-2H3,(H,13,14)/t10-,11+/m0/s1. The molecule has 2 heterocycles. The van der Waals surface area contributed by atoms with E-state index in [-0.39, 0.29) is 17.9 Å². The van der Waals surface area contributed by atoms with Gasteiger partial charge < -0.3 is 9.72 Å². The maximum atomic E-state index is 12.5. The van der Waals surface area contributed by atoms with Gasteiger partial charge in [0.2, 0.25) is 10.0 Å². The van der Waals surface area contributed by atoms with E-state index in [2.05, 4.69) is 9.97 Å². The number of nitrogens with zero attached hydrogens (tertiary/aromatic N) is 2. The number of aromatic amines is 1. The zero-order valence-electron chi connectivity index (χ0n) is 11.4. The van der Waals surface area contributed by atoms with Crippen LogP contribution in [0.5, 0.6) is 0 Å². The van der Waals surface area contributed by atoms with Crippen LogP contribution in [0.3, 0.4) is 0 Å². The fourth-order valence-electron chi connectivity index (χ4n) is 2.43. The molecule has 1 aliphatic rings. The van der Waals surface area contributed by atoms with Crippen LogP contribution < -0.4 is 0 Å². The fourth-order valence-corrected chi connectivity index (χ4v) is 4.35. The van der Waals surface area contributed by atoms with Crippen LogP contribution in [0.4, 0.5) is 0 Å². The summed E-state index contributed by atoms with van der Waals surface area (Å²) in [5, 5.41) is 0. The largest absolute Gasteiger partial charge is 0.381 e. The highest BCUT2D eigenvalue weighted by Gasteiger charge is 2.35. The van der Waals surface area contributed by atoms with Gasteiger partial charge in [-0.05, 0) is 19.8 Å². The highest BCUT2D eigenvalue weighted by molar-refractivity contribution is 7.89. The third-order valence-electron chi connectivity index (χ3n) is 3.49. The van der Waals surface area contributed by atoms with Crippen LogP contribution in [0.25, 0.3) is 0 Å². The van der Waals surface area contributed by atoms with Crippen LogP contribution in [0.2, 0.25) is 0 Å². The molecular weight excluding hydrogens is 266 g/mol. The number of H-pyrrole nitrogens is 1. The number of nitrogens with one attached hydrogen (secondary N) is 1. The van der Waals surface area contributed by atoms with Gasteiger partial charge in [0.1, 0.15) is 5.82 Å². The monoisotopic (exact) mass is 287 g/mol. The molecule has 108 valence electrons. The van der Waals surface area contributed by atoms with Crippen LogP contribution in [0.15, 0.2) is 12.4 Å². The molecule has 0 aromatic carbocycles. The van der Waals surface area contributed by atoms with Gasteiger partial charge in [0, 0.05) is 26.0 Å². The van der Waals surface area contributed by atoms with Crippen LogP contribution >= 0.6 is 0 Å². The van der Waals surface area contributed by atoms with Crippen molar-refractivity contribution in [1.82, 2.24) is 14.3 Å². The van der Waals surface area contributed by atoms with E-state index in [1.165, 1.54) is 7.11 Å². The fraction of sp³-hybridized carbons (Fsp3) is 0.750. The maximum absolute atomic E-state index is 12.5. The molecule has 1 aromatic heterocycles. The Morgan fingerprint density at radius 1 is 1.58 bits per heavy atom. The van der Waals surface area contributed by atoms with E-state index in [9.17, 15) is 8.42 Å². The molecule has 1 fully saturated rings. The first-order chi connectivity index (χ1) is 9.04. The van der Waals surface area contributed by atoms with Crippen molar-refractivity contribution < 1.29 is 13.2 Å². The first-order valence-electron chi connectivity index (χ1n) is 6.56. The second-order valence-corrected chi connectivity index (χ2v) is 6.89. The molecule has 7 heteroatoms. The minimum atomic E-state index is -3.32. The topological polar surface area (TPSA) is 75.3 Å². The molecule has 0 aliphatic carbocycles. The first kappa shape index (κ1) is 14.5. The van der Waals surface area contributed by atoms with Gasteiger partial charge in [0.15, 0.2) is 0 Å². The van der Waals surface area contributed by atoms with Crippen molar-refractivity contribution in [3.05, 3.63) is 18.2 Å². The third kappa shape index (κ3) is 3.34. The Balaban J connectivity index is 2.20. The highest BCUT2D eigenvalue weighted by Crippen LogP contribution is 2.31. The number of rotatable bonds is 5. The molecule has 2 atom stereocenters. The minimum Gasteiger partial charge on any atom is -0.381 e. The van der Waals surface area contributed by atoms with E-state index < -0.39 is 10.0 Å². The molecule has 0 bridgehead atoms. The second-order valence-electron chi connectivity index (χ2n) is 4.92. The first-order valence-corrected chi connectivity index (χ1v) is 8.17. The van der Waals surface area contributed by atoms with E-state index in [4.69, 9.17) is 4.74 Å². The van der Waals surface area contributed by atoms with Crippen LogP contribution in [0.1, 0.15) is 38.1 Å². The number of hydrogen-bond acceptors (Lipinski definition) is 4. The number of aromatic nitrogens is 2. The zero-order valence-corrected chi connectivity index (χ0v) is 12.2. The number of sulfonamides is 1. The number of methoxy groups -OCH3 is 1. The van der Waals surface area contributed by atoms with Gasteiger partial charge in [-0.15, -0.1) is 0 Å². The lowest BCUT2D eigenvalue weighted by Gasteiger charge is -2.34. The molecule has 1 N–H and O–H groups in total. The quantitative estimate of drug-likeness (QED) is 0.885. The van der Waals surface area contributed by atoms with Gasteiger partial charge in [-0.3, -0.25) is 0 Å². The lowest BCUT2D eigenvalue weighted by molar-refractivity contribution is 0.133. The molecule has 0 saturated carbocycles. The molecule has 0 radical (unpaired) electrons. The summed E-state index contributed by atoms with van der Waals surface area (Å²) in [5.74, 6) is 0.745. The van der Waals surface area contributed by atoms with Crippen molar-refractivity contribution in [3.8, 4) is 0 Å². The summed E-state index contributed by atoms with van der Waals surface area (Å²) >= 11 is 0. The molecule has 1 aliphatic heterocycles. The number of imidazole rings is 1. The smallest absolute Gasteiger partial charge is 0.217 e. The Morgan fingerprint density at radius 2 is 2.37 bits per heavy atom. The molecule has 6 nitrogen and oxygen atoms in total. The number of piperidine rings is 1. The predicted molar refractivity (Wildman–Crippen MR) is 72.1 cm³/mol. The molecule has 0 amide bonds. The van der Waals surface area contributed by atoms with Crippen LogP contribution in [-0.4, -0.2) is 48.2 Å². The van der Waals surface area contributed by atoms with Crippen molar-refractivity contribution in [2.75, 3.05) is 19.4 Å². The van der Waals surface area contributed by atoms with E-state index in [0.717, 1.165) is 25.1 Å². The summed E-state index contributed by atoms with van der Waals surface area (Å²) in [6, 6.07) is -0.169. The number of hydrogen-bond donors (Lipinski definition) is 1. The minimum absolute atomic E-state index is 0.0146. The normalized spacial score (nSPS) is 23.4. The molecule has 0 unspecified atom stereocenters. The molecule has 1 aromatic rings. The van der Waals surface area contributed by atoms with Crippen LogP contribution in [0, 0.1) is 0 Å². The Kier molecular flexibility index (Phi) is 4.59. The summed E-state index contributed by atoms with van der Waals surface area (Å²) in [5.41, 5.74) is 0. The lowest BCUT2D eigenvalue weighted by atomic mass is 10.0. The molecule has 2 rings (SSSR count). The summed E-state index contributed by atoms with van der Waals surface area (Å²) < 4.78 is 31.6. The maximum Gasteiger partial charge on any atom is 0.217 e. The van der Waals surface area contributed by atoms with Crippen LogP contribution in [-0.2, 0) is 14.8 Å². The Bertz CT molecular complexity index is 486. The summed E-state index contributed by atoms with van der Waals surface area (Å²) in [7, 11) is -1.79. The van der Waals surface area contributed by atoms with Gasteiger partial charge >= 0.3 is 0 Å².